The van der Waals surface area contributed by atoms with Crippen LogP contribution < -0.4 is 0 Å². The Morgan fingerprint density at radius 2 is 0.973 bits per heavy atom. The molecule has 8 nitrogen and oxygen atoms in total. The van der Waals surface area contributed by atoms with Crippen LogP contribution >= 0.6 is 11.3 Å². The van der Waals surface area contributed by atoms with Crippen molar-refractivity contribution in [3.63, 3.8) is 0 Å². The fourth-order valence-corrected chi connectivity index (χ4v) is 6.08. The van der Waals surface area contributed by atoms with Crippen molar-refractivity contribution >= 4 is 31.5 Å². The summed E-state index contributed by atoms with van der Waals surface area (Å²) >= 11 is 1.76. The Morgan fingerprint density at radius 3 is 1.59 bits per heavy atom. The molecule has 37 heavy (non-hydrogen) atoms. The van der Waals surface area contributed by atoms with Crippen molar-refractivity contribution < 1.29 is 0 Å². The van der Waals surface area contributed by atoms with E-state index in [1.807, 2.05) is 0 Å². The predicted octanol–water partition coefficient (Wildman–Crippen LogP) is 5.86. The van der Waals surface area contributed by atoms with E-state index in [0.717, 1.165) is 11.3 Å². The largest absolute Gasteiger partial charge is 0.251 e. The minimum Gasteiger partial charge on any atom is -0.251 e. The number of nitrogens with zero attached hydrogens (tertiary/aromatic N) is 8. The van der Waals surface area contributed by atoms with Crippen molar-refractivity contribution in [2.24, 2.45) is 0 Å². The molecular weight excluding hydrogens is 480 g/mol. The number of aromatic nitrogens is 8. The molecule has 1 aliphatic carbocycles. The maximum Gasteiger partial charge on any atom is 0.120 e. The van der Waals surface area contributed by atoms with Gasteiger partial charge in [0, 0.05) is 62.9 Å². The van der Waals surface area contributed by atoms with Gasteiger partial charge in [0.05, 0.1) is 11.9 Å². The second-order valence-corrected chi connectivity index (χ2v) is 9.55. The Kier molecular flexibility index (Phi) is 4.23. The molecule has 0 amide bonds. The average molecular weight is 495 g/mol. The first-order valence-corrected chi connectivity index (χ1v) is 12.4. The van der Waals surface area contributed by atoms with Gasteiger partial charge in [0.25, 0.3) is 0 Å². The van der Waals surface area contributed by atoms with Crippen molar-refractivity contribution in [3.05, 3.63) is 85.8 Å². The molecule has 0 saturated carbocycles. The second-order valence-electron chi connectivity index (χ2n) is 8.49. The zero-order valence-electron chi connectivity index (χ0n) is 19.1. The fourth-order valence-electron chi connectivity index (χ4n) is 4.86. The Balaban J connectivity index is 1.45. The summed E-state index contributed by atoms with van der Waals surface area (Å²) in [4.78, 5) is 37.8. The molecule has 8 rings (SSSR count). The summed E-state index contributed by atoms with van der Waals surface area (Å²) in [6.07, 6.45) is 11.7. The molecule has 0 radical (unpaired) electrons. The number of hydrogen-bond donors (Lipinski definition) is 0. The summed E-state index contributed by atoms with van der Waals surface area (Å²) in [6.45, 7) is 0. The first-order valence-electron chi connectivity index (χ1n) is 11.6. The van der Waals surface area contributed by atoms with Gasteiger partial charge in [0.1, 0.15) is 45.6 Å². The van der Waals surface area contributed by atoms with Gasteiger partial charge in [-0.1, -0.05) is 36.4 Å². The van der Waals surface area contributed by atoms with E-state index in [-0.39, 0.29) is 0 Å². The number of fused-ring (bicyclic) bond motifs is 11. The van der Waals surface area contributed by atoms with Crippen molar-refractivity contribution in [1.29, 1.82) is 0 Å². The lowest BCUT2D eigenvalue weighted by molar-refractivity contribution is 1.08. The molecule has 5 aromatic heterocycles. The third-order valence-electron chi connectivity index (χ3n) is 6.44. The van der Waals surface area contributed by atoms with Gasteiger partial charge in [-0.05, 0) is 6.07 Å². The number of benzene rings is 2. The van der Waals surface area contributed by atoms with Gasteiger partial charge < -0.3 is 0 Å². The van der Waals surface area contributed by atoms with Gasteiger partial charge in [0.15, 0.2) is 0 Å². The van der Waals surface area contributed by atoms with E-state index >= 15 is 0 Å². The molecular formula is C28H14N8S. The minimum absolute atomic E-state index is 0.577. The summed E-state index contributed by atoms with van der Waals surface area (Å²) in [5, 5.41) is 2.44. The van der Waals surface area contributed by atoms with Crippen LogP contribution in [0.4, 0.5) is 0 Å². The number of thiophene rings is 1. The van der Waals surface area contributed by atoms with Crippen LogP contribution in [0.3, 0.4) is 0 Å². The Morgan fingerprint density at radius 1 is 0.459 bits per heavy atom. The van der Waals surface area contributed by atoms with E-state index in [0.29, 0.717) is 45.6 Å². The van der Waals surface area contributed by atoms with E-state index < -0.39 is 0 Å². The van der Waals surface area contributed by atoms with E-state index in [4.69, 9.17) is 9.97 Å². The Bertz CT molecular complexity index is 2010. The lowest BCUT2D eigenvalue weighted by atomic mass is 9.99. The summed E-state index contributed by atoms with van der Waals surface area (Å²) in [6, 6.07) is 14.7. The van der Waals surface area contributed by atoms with Gasteiger partial charge in [-0.2, -0.15) is 0 Å². The minimum atomic E-state index is 0.577. The molecule has 0 bridgehead atoms. The van der Waals surface area contributed by atoms with Crippen LogP contribution in [0.25, 0.3) is 77.0 Å². The predicted molar refractivity (Wildman–Crippen MR) is 142 cm³/mol. The summed E-state index contributed by atoms with van der Waals surface area (Å²) in [5.74, 6) is 0. The molecule has 9 heteroatoms. The first kappa shape index (κ1) is 20.2. The van der Waals surface area contributed by atoms with E-state index in [2.05, 4.69) is 72.4 Å². The molecule has 2 aromatic carbocycles. The highest BCUT2D eigenvalue weighted by molar-refractivity contribution is 7.26. The fraction of sp³-hybridized carbons (Fsp3) is 0. The molecule has 0 unspecified atom stereocenters. The number of hydrogen-bond acceptors (Lipinski definition) is 9. The van der Waals surface area contributed by atoms with Crippen LogP contribution in [-0.4, -0.2) is 39.9 Å². The van der Waals surface area contributed by atoms with Gasteiger partial charge >= 0.3 is 0 Å². The van der Waals surface area contributed by atoms with Crippen molar-refractivity contribution in [3.8, 4) is 56.8 Å². The number of rotatable bonds is 1. The maximum absolute atomic E-state index is 5.14. The molecule has 0 saturated heterocycles. The Hall–Kier alpha value is -5.02. The SMILES string of the molecule is c1ccc2c(c1)sc1c(-c3cnc4c(n3)-c3nccnc3-c3nccnc3-c3nccnc3-4)cccc12. The zero-order valence-corrected chi connectivity index (χ0v) is 19.9. The molecule has 172 valence electrons. The van der Waals surface area contributed by atoms with E-state index in [1.165, 1.54) is 20.2 Å². The lowest BCUT2D eigenvalue weighted by Gasteiger charge is -2.17. The van der Waals surface area contributed by atoms with Crippen molar-refractivity contribution in [2.45, 2.75) is 0 Å². The third-order valence-corrected chi connectivity index (χ3v) is 7.66. The van der Waals surface area contributed by atoms with Crippen LogP contribution in [0.2, 0.25) is 0 Å². The molecule has 0 fully saturated rings. The molecule has 5 heterocycles. The van der Waals surface area contributed by atoms with Gasteiger partial charge in [0.2, 0.25) is 0 Å². The monoisotopic (exact) mass is 494 g/mol. The molecule has 7 aromatic rings. The van der Waals surface area contributed by atoms with Crippen molar-refractivity contribution in [2.75, 3.05) is 0 Å². The quantitative estimate of drug-likeness (QED) is 0.279. The molecule has 0 aliphatic heterocycles. The lowest BCUT2D eigenvalue weighted by Crippen LogP contribution is -2.08. The van der Waals surface area contributed by atoms with Gasteiger partial charge in [-0.25, -0.2) is 9.97 Å². The normalized spacial score (nSPS) is 11.8. The second kappa shape index (κ2) is 7.74. The van der Waals surface area contributed by atoms with E-state index in [9.17, 15) is 0 Å². The van der Waals surface area contributed by atoms with Crippen LogP contribution in [0.15, 0.2) is 85.8 Å². The molecule has 1 aliphatic rings. The summed E-state index contributed by atoms with van der Waals surface area (Å²) in [5.41, 5.74) is 6.40. The van der Waals surface area contributed by atoms with Crippen LogP contribution in [-0.2, 0) is 0 Å². The zero-order chi connectivity index (χ0) is 24.3. The highest BCUT2D eigenvalue weighted by Crippen LogP contribution is 2.43. The topological polar surface area (TPSA) is 103 Å². The van der Waals surface area contributed by atoms with Gasteiger partial charge in [-0.15, -0.1) is 11.3 Å². The average Bonchev–Trinajstić information content (AvgIpc) is 3.35. The van der Waals surface area contributed by atoms with Crippen molar-refractivity contribution in [1.82, 2.24) is 39.9 Å². The molecule has 0 spiro atoms. The Labute approximate surface area is 213 Å². The standard InChI is InChI=1S/C28H14N8S/c1-2-7-19-15(4-1)16-5-3-6-17(28(16)37-19)18-14-35-26-24-22(31-10-11-33-24)20-21(30-9-8-29-20)23-25(27(26)36-18)34-13-12-32-23/h1-14H. The summed E-state index contributed by atoms with van der Waals surface area (Å²) < 4.78 is 2.40. The smallest absolute Gasteiger partial charge is 0.120 e. The first-order chi connectivity index (χ1) is 18.4. The van der Waals surface area contributed by atoms with Crippen LogP contribution in [0.1, 0.15) is 0 Å². The summed E-state index contributed by atoms with van der Waals surface area (Å²) in [7, 11) is 0. The third kappa shape index (κ3) is 2.95. The van der Waals surface area contributed by atoms with Crippen LogP contribution in [0.5, 0.6) is 0 Å². The highest BCUT2D eigenvalue weighted by Gasteiger charge is 2.29. The molecule has 0 N–H and O–H groups in total. The highest BCUT2D eigenvalue weighted by atomic mass is 32.1. The van der Waals surface area contributed by atoms with Gasteiger partial charge in [-0.3, -0.25) is 29.9 Å². The van der Waals surface area contributed by atoms with E-state index in [1.54, 1.807) is 54.7 Å². The van der Waals surface area contributed by atoms with Crippen LogP contribution in [0, 0.1) is 0 Å². The molecule has 0 atom stereocenters. The maximum atomic E-state index is 5.14.